The number of rotatable bonds is 3. The van der Waals surface area contributed by atoms with E-state index < -0.39 is 9.73 Å². The molecule has 2 aromatic carbocycles. The normalized spacial score (nSPS) is 13.6. The number of nitrogens with zero attached hydrogens (tertiary/aromatic N) is 3. The molecule has 0 amide bonds. The van der Waals surface area contributed by atoms with Crippen molar-refractivity contribution < 1.29 is 4.21 Å². The van der Waals surface area contributed by atoms with Gasteiger partial charge in [-0.2, -0.15) is 5.10 Å². The summed E-state index contributed by atoms with van der Waals surface area (Å²) in [6.45, 7) is 0. The topological polar surface area (TPSA) is 71.6 Å². The summed E-state index contributed by atoms with van der Waals surface area (Å²) >= 11 is 0. The zero-order valence-electron chi connectivity index (χ0n) is 14.5. The number of hydrogen-bond donors (Lipinski definition) is 1. The SMILES string of the molecule is Cn1cc(-c2ccc(-c3cncc4ccc(S(C)(=N)=O)cc34)cc2)cn1. The van der Waals surface area contributed by atoms with Gasteiger partial charge in [0.1, 0.15) is 0 Å². The minimum absolute atomic E-state index is 0.532. The Balaban J connectivity index is 1.83. The number of nitrogens with one attached hydrogen (secondary N) is 1. The van der Waals surface area contributed by atoms with Crippen molar-refractivity contribution in [1.82, 2.24) is 14.8 Å². The van der Waals surface area contributed by atoms with E-state index in [1.54, 1.807) is 16.9 Å². The Labute approximate surface area is 152 Å². The highest BCUT2D eigenvalue weighted by Crippen LogP contribution is 2.31. The zero-order chi connectivity index (χ0) is 18.3. The van der Waals surface area contributed by atoms with Crippen molar-refractivity contribution in [3.63, 3.8) is 0 Å². The van der Waals surface area contributed by atoms with Gasteiger partial charge in [-0.3, -0.25) is 9.67 Å². The number of benzene rings is 2. The second kappa shape index (κ2) is 6.07. The van der Waals surface area contributed by atoms with Gasteiger partial charge in [0.25, 0.3) is 0 Å². The molecule has 1 unspecified atom stereocenters. The fraction of sp³-hybridized carbons (Fsp3) is 0.100. The quantitative estimate of drug-likeness (QED) is 0.589. The van der Waals surface area contributed by atoms with Gasteiger partial charge >= 0.3 is 0 Å². The molecule has 4 rings (SSSR count). The van der Waals surface area contributed by atoms with Crippen LogP contribution in [0.2, 0.25) is 0 Å². The number of aromatic nitrogens is 3. The molecule has 1 N–H and O–H groups in total. The highest BCUT2D eigenvalue weighted by atomic mass is 32.2. The molecule has 5 nitrogen and oxygen atoms in total. The summed E-state index contributed by atoms with van der Waals surface area (Å²) in [6, 6.07) is 13.7. The predicted molar refractivity (Wildman–Crippen MR) is 104 cm³/mol. The van der Waals surface area contributed by atoms with Crippen LogP contribution in [-0.2, 0) is 16.8 Å². The standard InChI is InChI=1S/C20H18N4OS/c1-24-13-17(11-23-24)14-3-5-15(6-4-14)20-12-22-10-16-7-8-18(9-19(16)20)26(2,21)25/h3-13,21H,1-2H3. The van der Waals surface area contributed by atoms with Crippen molar-refractivity contribution in [2.75, 3.05) is 6.26 Å². The summed E-state index contributed by atoms with van der Waals surface area (Å²) in [7, 11) is -0.865. The molecule has 0 aliphatic heterocycles. The van der Waals surface area contributed by atoms with E-state index in [-0.39, 0.29) is 0 Å². The van der Waals surface area contributed by atoms with E-state index in [9.17, 15) is 4.21 Å². The third kappa shape index (κ3) is 2.99. The van der Waals surface area contributed by atoms with Crippen LogP contribution < -0.4 is 0 Å². The van der Waals surface area contributed by atoms with E-state index in [4.69, 9.17) is 4.78 Å². The Morgan fingerprint density at radius 3 is 2.35 bits per heavy atom. The smallest absolute Gasteiger partial charge is 0.0697 e. The second-order valence-corrected chi connectivity index (χ2v) is 8.55. The van der Waals surface area contributed by atoms with Crippen LogP contribution in [0.4, 0.5) is 0 Å². The van der Waals surface area contributed by atoms with Gasteiger partial charge in [0.15, 0.2) is 0 Å². The van der Waals surface area contributed by atoms with Crippen LogP contribution >= 0.6 is 0 Å². The number of fused-ring (bicyclic) bond motifs is 1. The van der Waals surface area contributed by atoms with E-state index >= 15 is 0 Å². The lowest BCUT2D eigenvalue weighted by atomic mass is 9.99. The molecule has 0 aliphatic rings. The molecule has 0 fully saturated rings. The van der Waals surface area contributed by atoms with E-state index in [1.807, 2.05) is 37.8 Å². The molecule has 0 spiro atoms. The highest BCUT2D eigenvalue weighted by Gasteiger charge is 2.10. The molecule has 6 heteroatoms. The maximum Gasteiger partial charge on any atom is 0.0697 e. The Hall–Kier alpha value is -2.99. The van der Waals surface area contributed by atoms with E-state index in [0.717, 1.165) is 33.0 Å². The van der Waals surface area contributed by atoms with Crippen LogP contribution in [0, 0.1) is 4.78 Å². The van der Waals surface area contributed by atoms with E-state index in [2.05, 4.69) is 34.3 Å². The van der Waals surface area contributed by atoms with Gasteiger partial charge in [0.2, 0.25) is 0 Å². The van der Waals surface area contributed by atoms with Crippen molar-refractivity contribution >= 4 is 20.5 Å². The molecule has 0 saturated heterocycles. The van der Waals surface area contributed by atoms with Crippen molar-refractivity contribution in [3.8, 4) is 22.3 Å². The van der Waals surface area contributed by atoms with Crippen molar-refractivity contribution in [3.05, 3.63) is 67.3 Å². The molecule has 0 saturated carbocycles. The lowest BCUT2D eigenvalue weighted by molar-refractivity contribution is 0.679. The Bertz CT molecular complexity index is 1210. The highest BCUT2D eigenvalue weighted by molar-refractivity contribution is 7.91. The summed E-state index contributed by atoms with van der Waals surface area (Å²) < 4.78 is 21.8. The van der Waals surface area contributed by atoms with Gasteiger partial charge in [0, 0.05) is 53.3 Å². The van der Waals surface area contributed by atoms with Gasteiger partial charge in [-0.25, -0.2) is 8.99 Å². The summed E-state index contributed by atoms with van der Waals surface area (Å²) in [5.74, 6) is 0. The number of pyridine rings is 1. The van der Waals surface area contributed by atoms with Crippen molar-refractivity contribution in [2.45, 2.75) is 4.90 Å². The van der Waals surface area contributed by atoms with Crippen LogP contribution in [0.25, 0.3) is 33.0 Å². The maximum atomic E-state index is 12.1. The molecule has 2 heterocycles. The van der Waals surface area contributed by atoms with Gasteiger partial charge in [-0.15, -0.1) is 0 Å². The fourth-order valence-corrected chi connectivity index (χ4v) is 3.70. The average Bonchev–Trinajstić information content (AvgIpc) is 3.06. The predicted octanol–water partition coefficient (Wildman–Crippen LogP) is 4.34. The molecule has 0 bridgehead atoms. The lowest BCUT2D eigenvalue weighted by Crippen LogP contribution is -1.95. The minimum atomic E-state index is -2.76. The third-order valence-electron chi connectivity index (χ3n) is 4.42. The van der Waals surface area contributed by atoms with Crippen LogP contribution in [0.5, 0.6) is 0 Å². The Morgan fingerprint density at radius 1 is 0.962 bits per heavy atom. The molecule has 4 aromatic rings. The van der Waals surface area contributed by atoms with E-state index in [1.165, 1.54) is 6.26 Å². The maximum absolute atomic E-state index is 12.1. The molecule has 0 aliphatic carbocycles. The average molecular weight is 362 g/mol. The fourth-order valence-electron chi connectivity index (χ4n) is 3.03. The molecule has 2 aromatic heterocycles. The summed E-state index contributed by atoms with van der Waals surface area (Å²) in [4.78, 5) is 4.87. The summed E-state index contributed by atoms with van der Waals surface area (Å²) in [5.41, 5.74) is 4.15. The van der Waals surface area contributed by atoms with Crippen LogP contribution in [-0.4, -0.2) is 25.2 Å². The molecule has 26 heavy (non-hydrogen) atoms. The monoisotopic (exact) mass is 362 g/mol. The molecule has 130 valence electrons. The van der Waals surface area contributed by atoms with Crippen molar-refractivity contribution in [1.29, 1.82) is 4.78 Å². The first-order valence-corrected chi connectivity index (χ1v) is 10.1. The number of aryl methyl sites for hydroxylation is 1. The van der Waals surface area contributed by atoms with E-state index in [0.29, 0.717) is 4.90 Å². The Kier molecular flexibility index (Phi) is 3.85. The first-order chi connectivity index (χ1) is 12.4. The minimum Gasteiger partial charge on any atom is -0.275 e. The van der Waals surface area contributed by atoms with Crippen LogP contribution in [0.1, 0.15) is 0 Å². The van der Waals surface area contributed by atoms with Gasteiger partial charge in [-0.05, 0) is 28.6 Å². The molecule has 1 atom stereocenters. The first-order valence-electron chi connectivity index (χ1n) is 8.13. The molecule has 0 radical (unpaired) electrons. The zero-order valence-corrected chi connectivity index (χ0v) is 15.3. The van der Waals surface area contributed by atoms with Gasteiger partial charge < -0.3 is 0 Å². The summed E-state index contributed by atoms with van der Waals surface area (Å²) in [6.07, 6.45) is 8.86. The second-order valence-electron chi connectivity index (χ2n) is 6.39. The summed E-state index contributed by atoms with van der Waals surface area (Å²) in [5, 5.41) is 6.13. The lowest BCUT2D eigenvalue weighted by Gasteiger charge is -2.09. The third-order valence-corrected chi connectivity index (χ3v) is 5.57. The van der Waals surface area contributed by atoms with Gasteiger partial charge in [-0.1, -0.05) is 30.3 Å². The number of hydrogen-bond acceptors (Lipinski definition) is 4. The molecular formula is C20H18N4OS. The van der Waals surface area contributed by atoms with Gasteiger partial charge in [0.05, 0.1) is 15.9 Å². The van der Waals surface area contributed by atoms with Crippen LogP contribution in [0.15, 0.2) is 72.1 Å². The van der Waals surface area contributed by atoms with Crippen molar-refractivity contribution in [2.24, 2.45) is 7.05 Å². The largest absolute Gasteiger partial charge is 0.275 e. The first kappa shape index (κ1) is 16.5. The van der Waals surface area contributed by atoms with Crippen LogP contribution in [0.3, 0.4) is 0 Å². The molecular weight excluding hydrogens is 344 g/mol. The Morgan fingerprint density at radius 2 is 1.69 bits per heavy atom.